The van der Waals surface area contributed by atoms with Crippen molar-refractivity contribution in [2.45, 2.75) is 45.3 Å². The molecule has 0 aliphatic carbocycles. The maximum atomic E-state index is 11.4. The maximum Gasteiger partial charge on any atom is 0.407 e. The molecule has 0 radical (unpaired) electrons. The van der Waals surface area contributed by atoms with E-state index < -0.39 is 11.7 Å². The smallest absolute Gasteiger partial charge is 0.407 e. The van der Waals surface area contributed by atoms with E-state index in [4.69, 9.17) is 0 Å². The molecular formula is C16H23NO5. The third kappa shape index (κ3) is 2.97. The number of carboxylic acid groups (broad SMARTS) is 1. The SMILES string of the molecule is CC(C)(C)C1CC(O)(c2ccc(O)cc2O)CCN1C(=O)O. The first-order chi connectivity index (χ1) is 10.0. The Morgan fingerprint density at radius 3 is 2.45 bits per heavy atom. The molecule has 6 nitrogen and oxygen atoms in total. The molecule has 1 heterocycles. The van der Waals surface area contributed by atoms with E-state index in [1.165, 1.54) is 23.1 Å². The average Bonchev–Trinajstić information content (AvgIpc) is 2.36. The van der Waals surface area contributed by atoms with Crippen molar-refractivity contribution >= 4 is 6.09 Å². The Morgan fingerprint density at radius 1 is 1.32 bits per heavy atom. The van der Waals surface area contributed by atoms with Crippen molar-refractivity contribution < 1.29 is 25.2 Å². The Labute approximate surface area is 129 Å². The van der Waals surface area contributed by atoms with E-state index in [1.807, 2.05) is 20.8 Å². The highest BCUT2D eigenvalue weighted by Crippen LogP contribution is 2.44. The normalized spacial score (nSPS) is 26.0. The Hall–Kier alpha value is -1.95. The number of carbonyl (C=O) groups is 1. The largest absolute Gasteiger partial charge is 0.508 e. The minimum atomic E-state index is -1.32. The van der Waals surface area contributed by atoms with Crippen LogP contribution in [0.1, 0.15) is 39.2 Å². The Kier molecular flexibility index (Phi) is 4.00. The Bertz CT molecular complexity index is 580. The number of aromatic hydroxyl groups is 2. The molecule has 2 rings (SSSR count). The van der Waals surface area contributed by atoms with Crippen molar-refractivity contribution in [3.63, 3.8) is 0 Å². The lowest BCUT2D eigenvalue weighted by molar-refractivity contribution is -0.0696. The van der Waals surface area contributed by atoms with Crippen LogP contribution in [-0.4, -0.2) is 44.0 Å². The Morgan fingerprint density at radius 2 is 1.95 bits per heavy atom. The zero-order chi connectivity index (χ0) is 16.7. The summed E-state index contributed by atoms with van der Waals surface area (Å²) in [6.07, 6.45) is -0.609. The van der Waals surface area contributed by atoms with Crippen molar-refractivity contribution in [1.82, 2.24) is 4.90 Å². The fraction of sp³-hybridized carbons (Fsp3) is 0.562. The van der Waals surface area contributed by atoms with E-state index >= 15 is 0 Å². The van der Waals surface area contributed by atoms with Crippen molar-refractivity contribution in [3.8, 4) is 11.5 Å². The lowest BCUT2D eigenvalue weighted by Gasteiger charge is -2.48. The maximum absolute atomic E-state index is 11.4. The molecule has 1 amide bonds. The number of hydrogen-bond acceptors (Lipinski definition) is 4. The molecule has 2 atom stereocenters. The van der Waals surface area contributed by atoms with Gasteiger partial charge in [-0.15, -0.1) is 0 Å². The summed E-state index contributed by atoms with van der Waals surface area (Å²) in [5, 5.41) is 39.8. The van der Waals surface area contributed by atoms with Gasteiger partial charge < -0.3 is 25.3 Å². The van der Waals surface area contributed by atoms with Crippen LogP contribution in [-0.2, 0) is 5.60 Å². The molecule has 0 spiro atoms. The van der Waals surface area contributed by atoms with Gasteiger partial charge in [0.2, 0.25) is 0 Å². The summed E-state index contributed by atoms with van der Waals surface area (Å²) in [7, 11) is 0. The second-order valence-electron chi connectivity index (χ2n) is 7.04. The molecule has 0 bridgehead atoms. The number of phenolic OH excluding ortho intramolecular Hbond substituents is 2. The molecule has 1 aromatic rings. The van der Waals surface area contributed by atoms with Gasteiger partial charge in [0.1, 0.15) is 11.5 Å². The standard InChI is InChI=1S/C16H23NO5/c1-15(2,3)13-9-16(22,6-7-17(13)14(20)21)11-5-4-10(18)8-12(11)19/h4-5,8,13,18-19,22H,6-7,9H2,1-3H3,(H,20,21). The van der Waals surface area contributed by atoms with E-state index in [9.17, 15) is 25.2 Å². The van der Waals surface area contributed by atoms with E-state index in [-0.39, 0.29) is 42.3 Å². The second-order valence-corrected chi connectivity index (χ2v) is 7.04. The van der Waals surface area contributed by atoms with E-state index in [0.29, 0.717) is 5.56 Å². The van der Waals surface area contributed by atoms with Crippen molar-refractivity contribution in [1.29, 1.82) is 0 Å². The molecule has 122 valence electrons. The first-order valence-corrected chi connectivity index (χ1v) is 7.29. The number of nitrogens with zero attached hydrogens (tertiary/aromatic N) is 1. The monoisotopic (exact) mass is 309 g/mol. The number of likely N-dealkylation sites (tertiary alicyclic amines) is 1. The summed E-state index contributed by atoms with van der Waals surface area (Å²) >= 11 is 0. The number of rotatable bonds is 1. The molecule has 1 fully saturated rings. The predicted molar refractivity (Wildman–Crippen MR) is 80.9 cm³/mol. The molecule has 0 saturated carbocycles. The van der Waals surface area contributed by atoms with E-state index in [2.05, 4.69) is 0 Å². The molecule has 1 aliphatic rings. The summed E-state index contributed by atoms with van der Waals surface area (Å²) in [5.41, 5.74) is -1.34. The number of amides is 1. The molecule has 2 unspecified atom stereocenters. The van der Waals surface area contributed by atoms with Crippen LogP contribution in [0.15, 0.2) is 18.2 Å². The van der Waals surface area contributed by atoms with E-state index in [1.54, 1.807) is 0 Å². The zero-order valence-electron chi connectivity index (χ0n) is 13.1. The Balaban J connectivity index is 2.39. The highest BCUT2D eigenvalue weighted by atomic mass is 16.4. The molecule has 1 saturated heterocycles. The minimum absolute atomic E-state index is 0.0832. The zero-order valence-corrected chi connectivity index (χ0v) is 13.1. The van der Waals surface area contributed by atoms with Crippen molar-refractivity contribution in [2.75, 3.05) is 6.54 Å². The van der Waals surface area contributed by atoms with Crippen molar-refractivity contribution in [2.24, 2.45) is 5.41 Å². The number of benzene rings is 1. The van der Waals surface area contributed by atoms with Gasteiger partial charge in [0, 0.05) is 30.6 Å². The lowest BCUT2D eigenvalue weighted by Crippen LogP contribution is -2.55. The van der Waals surface area contributed by atoms with Crippen LogP contribution >= 0.6 is 0 Å². The average molecular weight is 309 g/mol. The van der Waals surface area contributed by atoms with Crippen LogP contribution in [0.25, 0.3) is 0 Å². The second kappa shape index (κ2) is 5.35. The molecule has 4 N–H and O–H groups in total. The van der Waals surface area contributed by atoms with Gasteiger partial charge in [-0.05, 0) is 24.0 Å². The van der Waals surface area contributed by atoms with Gasteiger partial charge in [0.05, 0.1) is 5.60 Å². The first-order valence-electron chi connectivity index (χ1n) is 7.29. The van der Waals surface area contributed by atoms with Crippen LogP contribution < -0.4 is 0 Å². The lowest BCUT2D eigenvalue weighted by atomic mass is 9.72. The number of phenols is 2. The summed E-state index contributed by atoms with van der Waals surface area (Å²) in [6.45, 7) is 5.97. The topological polar surface area (TPSA) is 101 Å². The fourth-order valence-electron chi connectivity index (χ4n) is 3.15. The highest BCUT2D eigenvalue weighted by Gasteiger charge is 2.46. The van der Waals surface area contributed by atoms with Crippen LogP contribution in [0.4, 0.5) is 4.79 Å². The summed E-state index contributed by atoms with van der Waals surface area (Å²) in [6, 6.07) is 3.70. The van der Waals surface area contributed by atoms with E-state index in [0.717, 1.165) is 0 Å². The number of aliphatic hydroxyl groups is 1. The van der Waals surface area contributed by atoms with Gasteiger partial charge in [0.25, 0.3) is 0 Å². The third-order valence-electron chi connectivity index (χ3n) is 4.40. The number of piperidine rings is 1. The van der Waals surface area contributed by atoms with Crippen molar-refractivity contribution in [3.05, 3.63) is 23.8 Å². The number of hydrogen-bond donors (Lipinski definition) is 4. The molecule has 22 heavy (non-hydrogen) atoms. The van der Waals surface area contributed by atoms with Crippen LogP contribution in [0.5, 0.6) is 11.5 Å². The molecular weight excluding hydrogens is 286 g/mol. The quantitative estimate of drug-likeness (QED) is 0.638. The van der Waals surface area contributed by atoms with Gasteiger partial charge in [-0.3, -0.25) is 0 Å². The molecule has 1 aliphatic heterocycles. The summed E-state index contributed by atoms with van der Waals surface area (Å²) in [5.74, 6) is -0.265. The molecule has 0 aromatic heterocycles. The van der Waals surface area contributed by atoms with Crippen LogP contribution in [0.3, 0.4) is 0 Å². The molecule has 6 heteroatoms. The first kappa shape index (κ1) is 16.4. The minimum Gasteiger partial charge on any atom is -0.508 e. The van der Waals surface area contributed by atoms with Gasteiger partial charge in [-0.1, -0.05) is 20.8 Å². The predicted octanol–water partition coefficient (Wildman–Crippen LogP) is 2.47. The highest BCUT2D eigenvalue weighted by molar-refractivity contribution is 5.66. The van der Waals surface area contributed by atoms with Gasteiger partial charge in [-0.2, -0.15) is 0 Å². The fourth-order valence-corrected chi connectivity index (χ4v) is 3.15. The van der Waals surface area contributed by atoms with Crippen LogP contribution in [0.2, 0.25) is 0 Å². The van der Waals surface area contributed by atoms with Gasteiger partial charge in [0.15, 0.2) is 0 Å². The van der Waals surface area contributed by atoms with Gasteiger partial charge in [-0.25, -0.2) is 4.79 Å². The van der Waals surface area contributed by atoms with Crippen LogP contribution in [0, 0.1) is 5.41 Å². The van der Waals surface area contributed by atoms with Gasteiger partial charge >= 0.3 is 6.09 Å². The third-order valence-corrected chi connectivity index (χ3v) is 4.40. The summed E-state index contributed by atoms with van der Waals surface area (Å²) in [4.78, 5) is 12.8. The summed E-state index contributed by atoms with van der Waals surface area (Å²) < 4.78 is 0. The molecule has 1 aromatic carbocycles.